The van der Waals surface area contributed by atoms with E-state index in [2.05, 4.69) is 41.1 Å². The molecule has 0 radical (unpaired) electrons. The highest BCUT2D eigenvalue weighted by Gasteiger charge is 2.29. The van der Waals surface area contributed by atoms with Crippen LogP contribution in [0.3, 0.4) is 0 Å². The fourth-order valence-corrected chi connectivity index (χ4v) is 5.98. The molecular weight excluding hydrogens is 657 g/mol. The molecule has 1 aliphatic heterocycles. The first-order valence-corrected chi connectivity index (χ1v) is 16.2. The van der Waals surface area contributed by atoms with Crippen molar-refractivity contribution in [3.05, 3.63) is 82.4 Å². The van der Waals surface area contributed by atoms with E-state index < -0.39 is 12.1 Å². The monoisotopic (exact) mass is 691 g/mol. The zero-order chi connectivity index (χ0) is 34.2. The molecule has 2 unspecified atom stereocenters. The number of carbonyl (C=O) groups excluding carboxylic acids is 3. The lowest BCUT2D eigenvalue weighted by Crippen LogP contribution is -2.43. The molecule has 1 aliphatic rings. The summed E-state index contributed by atoms with van der Waals surface area (Å²) in [4.78, 5) is 39.8. The standard InChI is InChI=1S/C33H35Cl2N9O4/c1-20(2)32(46)43-14-4-5-21(18-43)15-27(38-30(45)13-8-23-16-24(34)9-12-29(23)44-19-36-41-42-44)28-17-26(31(35)40-39-28)22-6-10-25(11-7-22)37-33(47)48-3/h6-13,16-17,19-21,27H,4-5,14-15,18H2,1-3H3,(H,37,47)(H,38,45)/b13-8+. The number of hydrogen-bond acceptors (Lipinski definition) is 9. The Bertz CT molecular complexity index is 1780. The molecule has 4 aromatic rings. The summed E-state index contributed by atoms with van der Waals surface area (Å²) in [7, 11) is 1.29. The minimum absolute atomic E-state index is 0.104. The molecule has 0 bridgehead atoms. The third-order valence-electron chi connectivity index (χ3n) is 7.96. The van der Waals surface area contributed by atoms with Gasteiger partial charge in [-0.1, -0.05) is 49.2 Å². The van der Waals surface area contributed by atoms with Crippen molar-refractivity contribution in [2.24, 2.45) is 11.8 Å². The third kappa shape index (κ3) is 8.72. The van der Waals surface area contributed by atoms with Gasteiger partial charge in [0.05, 0.1) is 24.5 Å². The number of hydrogen-bond donors (Lipinski definition) is 2. The van der Waals surface area contributed by atoms with Crippen molar-refractivity contribution >= 4 is 52.9 Å². The van der Waals surface area contributed by atoms with E-state index in [0.29, 0.717) is 52.7 Å². The number of benzene rings is 2. The van der Waals surface area contributed by atoms with Crippen LogP contribution >= 0.6 is 23.2 Å². The number of nitrogens with one attached hydrogen (secondary N) is 2. The average molecular weight is 693 g/mol. The van der Waals surface area contributed by atoms with E-state index in [1.165, 1.54) is 24.2 Å². The van der Waals surface area contributed by atoms with Gasteiger partial charge in [-0.15, -0.1) is 10.2 Å². The van der Waals surface area contributed by atoms with E-state index in [1.807, 2.05) is 18.7 Å². The molecule has 2 atom stereocenters. The summed E-state index contributed by atoms with van der Waals surface area (Å²) in [6.07, 6.45) is 6.20. The van der Waals surface area contributed by atoms with Gasteiger partial charge < -0.3 is 15.0 Å². The molecule has 0 aliphatic carbocycles. The number of methoxy groups -OCH3 is 1. The number of amides is 3. The van der Waals surface area contributed by atoms with E-state index >= 15 is 0 Å². The van der Waals surface area contributed by atoms with E-state index in [-0.39, 0.29) is 28.8 Å². The summed E-state index contributed by atoms with van der Waals surface area (Å²) in [5, 5.41) is 26.3. The van der Waals surface area contributed by atoms with Crippen molar-refractivity contribution in [3.63, 3.8) is 0 Å². The number of ether oxygens (including phenoxy) is 1. The summed E-state index contributed by atoms with van der Waals surface area (Å²) in [6, 6.07) is 13.4. The lowest BCUT2D eigenvalue weighted by Gasteiger charge is -2.35. The summed E-state index contributed by atoms with van der Waals surface area (Å²) in [6.45, 7) is 5.09. The number of likely N-dealkylation sites (tertiary alicyclic amines) is 1. The summed E-state index contributed by atoms with van der Waals surface area (Å²) in [5.41, 5.74) is 3.67. The van der Waals surface area contributed by atoms with Crippen molar-refractivity contribution in [1.29, 1.82) is 0 Å². The Morgan fingerprint density at radius 1 is 1.08 bits per heavy atom. The Balaban J connectivity index is 1.42. The maximum atomic E-state index is 13.5. The Morgan fingerprint density at radius 3 is 2.58 bits per heavy atom. The van der Waals surface area contributed by atoms with Crippen molar-refractivity contribution in [1.82, 2.24) is 40.6 Å². The Morgan fingerprint density at radius 2 is 1.88 bits per heavy atom. The molecule has 2 aromatic carbocycles. The molecule has 1 fully saturated rings. The number of rotatable bonds is 10. The van der Waals surface area contributed by atoms with Crippen LogP contribution in [0, 0.1) is 11.8 Å². The number of carbonyl (C=O) groups is 3. The van der Waals surface area contributed by atoms with Crippen LogP contribution < -0.4 is 10.6 Å². The molecule has 250 valence electrons. The molecule has 48 heavy (non-hydrogen) atoms. The summed E-state index contributed by atoms with van der Waals surface area (Å²) >= 11 is 12.8. The van der Waals surface area contributed by atoms with Gasteiger partial charge in [-0.25, -0.2) is 4.79 Å². The first-order chi connectivity index (χ1) is 23.1. The molecule has 0 spiro atoms. The second-order valence-electron chi connectivity index (χ2n) is 11.7. The van der Waals surface area contributed by atoms with Crippen LogP contribution in [0.25, 0.3) is 22.9 Å². The molecule has 3 amide bonds. The topological polar surface area (TPSA) is 157 Å². The molecule has 13 nitrogen and oxygen atoms in total. The second-order valence-corrected chi connectivity index (χ2v) is 12.5. The van der Waals surface area contributed by atoms with Crippen LogP contribution in [-0.4, -0.2) is 73.4 Å². The largest absolute Gasteiger partial charge is 0.453 e. The number of tetrazole rings is 1. The van der Waals surface area contributed by atoms with Crippen molar-refractivity contribution in [2.75, 3.05) is 25.5 Å². The molecule has 2 aromatic heterocycles. The molecule has 0 saturated carbocycles. The molecule has 3 heterocycles. The second kappa shape index (κ2) is 15.8. The first kappa shape index (κ1) is 34.5. The molecule has 1 saturated heterocycles. The average Bonchev–Trinajstić information content (AvgIpc) is 3.62. The van der Waals surface area contributed by atoms with E-state index in [1.54, 1.807) is 54.6 Å². The molecular formula is C33H35Cl2N9O4. The fourth-order valence-electron chi connectivity index (χ4n) is 5.60. The van der Waals surface area contributed by atoms with Crippen LogP contribution in [0.4, 0.5) is 10.5 Å². The van der Waals surface area contributed by atoms with Crippen LogP contribution in [0.5, 0.6) is 0 Å². The normalized spacial score (nSPS) is 15.4. The fraction of sp³-hybridized carbons (Fsp3) is 0.333. The number of anilines is 1. The zero-order valence-corrected chi connectivity index (χ0v) is 28.1. The van der Waals surface area contributed by atoms with Gasteiger partial charge in [0.15, 0.2) is 5.15 Å². The number of aromatic nitrogens is 6. The highest BCUT2D eigenvalue weighted by molar-refractivity contribution is 6.32. The molecule has 5 rings (SSSR count). The van der Waals surface area contributed by atoms with Crippen molar-refractivity contribution in [2.45, 2.75) is 39.2 Å². The predicted molar refractivity (Wildman–Crippen MR) is 181 cm³/mol. The zero-order valence-electron chi connectivity index (χ0n) is 26.6. The van der Waals surface area contributed by atoms with Crippen LogP contribution in [0.1, 0.15) is 50.4 Å². The van der Waals surface area contributed by atoms with E-state index in [4.69, 9.17) is 23.2 Å². The Labute approximate surface area is 287 Å². The Kier molecular flexibility index (Phi) is 11.3. The SMILES string of the molecule is COC(=O)Nc1ccc(-c2cc(C(CC3CCCN(C(=O)C(C)C)C3)NC(=O)/C=C/c3cc(Cl)ccc3-n3cnnn3)nnc2Cl)cc1. The van der Waals surface area contributed by atoms with Crippen LogP contribution in [0.15, 0.2) is 60.9 Å². The molecule has 15 heteroatoms. The minimum atomic E-state index is -0.584. The summed E-state index contributed by atoms with van der Waals surface area (Å²) < 4.78 is 6.14. The van der Waals surface area contributed by atoms with Crippen molar-refractivity contribution < 1.29 is 19.1 Å². The van der Waals surface area contributed by atoms with Crippen molar-refractivity contribution in [3.8, 4) is 16.8 Å². The van der Waals surface area contributed by atoms with Gasteiger partial charge in [-0.2, -0.15) is 9.78 Å². The van der Waals surface area contributed by atoms with Gasteiger partial charge in [0.2, 0.25) is 11.8 Å². The Hall–Kier alpha value is -4.88. The highest BCUT2D eigenvalue weighted by Crippen LogP contribution is 2.32. The van der Waals surface area contributed by atoms with Gasteiger partial charge >= 0.3 is 6.09 Å². The number of nitrogens with zero attached hydrogens (tertiary/aromatic N) is 7. The van der Waals surface area contributed by atoms with Gasteiger partial charge in [0, 0.05) is 46.9 Å². The van der Waals surface area contributed by atoms with Crippen LogP contribution in [0.2, 0.25) is 10.2 Å². The first-order valence-electron chi connectivity index (χ1n) is 15.4. The van der Waals surface area contributed by atoms with Gasteiger partial charge in [-0.05, 0) is 83.6 Å². The highest BCUT2D eigenvalue weighted by atomic mass is 35.5. The van der Waals surface area contributed by atoms with E-state index in [9.17, 15) is 14.4 Å². The lowest BCUT2D eigenvalue weighted by molar-refractivity contribution is -0.136. The van der Waals surface area contributed by atoms with Crippen LogP contribution in [-0.2, 0) is 14.3 Å². The smallest absolute Gasteiger partial charge is 0.411 e. The number of halogens is 2. The lowest BCUT2D eigenvalue weighted by atomic mass is 9.89. The van der Waals surface area contributed by atoms with E-state index in [0.717, 1.165) is 18.4 Å². The number of piperidine rings is 1. The molecule has 2 N–H and O–H groups in total. The summed E-state index contributed by atoms with van der Waals surface area (Å²) in [5.74, 6) is -0.250. The minimum Gasteiger partial charge on any atom is -0.453 e. The predicted octanol–water partition coefficient (Wildman–Crippen LogP) is 5.76. The maximum absolute atomic E-state index is 13.5. The van der Waals surface area contributed by atoms with Gasteiger partial charge in [-0.3, -0.25) is 14.9 Å². The van der Waals surface area contributed by atoms with Gasteiger partial charge in [0.1, 0.15) is 6.33 Å². The quantitative estimate of drug-likeness (QED) is 0.197. The maximum Gasteiger partial charge on any atom is 0.411 e. The van der Waals surface area contributed by atoms with Gasteiger partial charge in [0.25, 0.3) is 0 Å². The third-order valence-corrected chi connectivity index (χ3v) is 8.48.